The van der Waals surface area contributed by atoms with E-state index in [1.54, 1.807) is 0 Å². The van der Waals surface area contributed by atoms with E-state index in [1.807, 2.05) is 24.3 Å². The molecule has 0 amide bonds. The predicted molar refractivity (Wildman–Crippen MR) is 116 cm³/mol. The van der Waals surface area contributed by atoms with Crippen LogP contribution in [0, 0.1) is 23.2 Å². The first-order valence-electron chi connectivity index (χ1n) is 12.3. The number of benzene rings is 1. The Kier molecular flexibility index (Phi) is 4.91. The highest BCUT2D eigenvalue weighted by Gasteiger charge is 2.71. The Bertz CT molecular complexity index is 930. The molecule has 7 nitrogen and oxygen atoms in total. The fraction of sp³-hybridized carbons (Fsp3) is 0.692. The van der Waals surface area contributed by atoms with Gasteiger partial charge >= 0.3 is 11.9 Å². The van der Waals surface area contributed by atoms with Crippen molar-refractivity contribution in [3.63, 3.8) is 0 Å². The van der Waals surface area contributed by atoms with Crippen molar-refractivity contribution in [1.82, 2.24) is 0 Å². The van der Waals surface area contributed by atoms with E-state index in [1.165, 1.54) is 19.6 Å². The van der Waals surface area contributed by atoms with Crippen LogP contribution < -0.4 is 4.74 Å². The van der Waals surface area contributed by atoms with Gasteiger partial charge < -0.3 is 14.2 Å². The molecule has 2 spiro atoms. The van der Waals surface area contributed by atoms with E-state index in [2.05, 4.69) is 0 Å². The van der Waals surface area contributed by atoms with Crippen molar-refractivity contribution in [3.8, 4) is 5.75 Å². The minimum absolute atomic E-state index is 0.0643. The number of carbonyl (C=O) groups is 2. The van der Waals surface area contributed by atoms with Crippen LogP contribution in [0.2, 0.25) is 0 Å². The highest BCUT2D eigenvalue weighted by Crippen LogP contribution is 2.68. The van der Waals surface area contributed by atoms with Crippen molar-refractivity contribution in [2.45, 2.75) is 82.2 Å². The molecule has 7 rings (SSSR count). The van der Waals surface area contributed by atoms with Crippen LogP contribution in [-0.4, -0.2) is 30.6 Å². The van der Waals surface area contributed by atoms with Gasteiger partial charge in [-0.15, -0.1) is 0 Å². The van der Waals surface area contributed by atoms with Gasteiger partial charge in [0.1, 0.15) is 5.75 Å². The molecule has 0 N–H and O–H groups in total. The first kappa shape index (κ1) is 21.6. The molecule has 1 aromatic rings. The molecule has 2 atom stereocenters. The third-order valence-electron chi connectivity index (χ3n) is 8.98. The molecule has 6 fully saturated rings. The summed E-state index contributed by atoms with van der Waals surface area (Å²) < 4.78 is 17.2. The lowest BCUT2D eigenvalue weighted by atomic mass is 9.47. The number of ether oxygens (including phenoxy) is 3. The largest absolute Gasteiger partial charge is 0.469 e. The summed E-state index contributed by atoms with van der Waals surface area (Å²) in [6, 6.07) is 7.79. The number of methoxy groups -OCH3 is 1. The third kappa shape index (κ3) is 3.34. The van der Waals surface area contributed by atoms with Gasteiger partial charge in [-0.25, -0.2) is 0 Å². The molecule has 0 aromatic heterocycles. The van der Waals surface area contributed by atoms with E-state index < -0.39 is 11.6 Å². The average Bonchev–Trinajstić information content (AvgIpc) is 3.17. The van der Waals surface area contributed by atoms with Gasteiger partial charge in [-0.2, -0.15) is 9.78 Å². The molecule has 33 heavy (non-hydrogen) atoms. The summed E-state index contributed by atoms with van der Waals surface area (Å²) >= 11 is 0. The SMILES string of the molecule is COC(=O)C12CC3CC(C1)[C@]1(OO[C@]4(CCC(c5ccc(OC(C)=O)cc5)CC4)O1)C(C3)C2. The fourth-order valence-electron chi connectivity index (χ4n) is 7.71. The number of esters is 2. The molecule has 178 valence electrons. The van der Waals surface area contributed by atoms with E-state index in [-0.39, 0.29) is 29.2 Å². The molecule has 1 aromatic carbocycles. The molecule has 4 bridgehead atoms. The van der Waals surface area contributed by atoms with Gasteiger partial charge in [-0.05, 0) is 74.5 Å². The van der Waals surface area contributed by atoms with Crippen molar-refractivity contribution < 1.29 is 33.6 Å². The number of hydrogen-bond acceptors (Lipinski definition) is 7. The average molecular weight is 457 g/mol. The number of carbonyl (C=O) groups excluding carboxylic acids is 2. The van der Waals surface area contributed by atoms with Crippen LogP contribution in [-0.2, 0) is 28.8 Å². The Balaban J connectivity index is 1.14. The van der Waals surface area contributed by atoms with Crippen molar-refractivity contribution in [2.75, 3.05) is 7.11 Å². The topological polar surface area (TPSA) is 80.3 Å². The smallest absolute Gasteiger partial charge is 0.311 e. The van der Waals surface area contributed by atoms with Gasteiger partial charge in [0.2, 0.25) is 11.6 Å². The Morgan fingerprint density at radius 3 is 2.24 bits per heavy atom. The minimum atomic E-state index is -0.715. The molecule has 2 unspecified atom stereocenters. The molecule has 5 aliphatic carbocycles. The van der Waals surface area contributed by atoms with Crippen LogP contribution in [0.1, 0.15) is 76.2 Å². The van der Waals surface area contributed by atoms with Crippen LogP contribution in [0.25, 0.3) is 0 Å². The number of hydrogen-bond donors (Lipinski definition) is 0. The number of rotatable bonds is 3. The van der Waals surface area contributed by atoms with Crippen LogP contribution in [0.3, 0.4) is 0 Å². The van der Waals surface area contributed by atoms with E-state index in [0.717, 1.165) is 57.8 Å². The summed E-state index contributed by atoms with van der Waals surface area (Å²) in [5.41, 5.74) is 0.874. The van der Waals surface area contributed by atoms with E-state index in [9.17, 15) is 9.59 Å². The Hall–Kier alpha value is -1.96. The Labute approximate surface area is 194 Å². The van der Waals surface area contributed by atoms with Crippen molar-refractivity contribution in [3.05, 3.63) is 29.8 Å². The van der Waals surface area contributed by atoms with Gasteiger partial charge in [0.05, 0.1) is 12.5 Å². The first-order chi connectivity index (χ1) is 15.9. The second kappa shape index (κ2) is 7.52. The van der Waals surface area contributed by atoms with Gasteiger partial charge in [0.15, 0.2) is 0 Å². The van der Waals surface area contributed by atoms with Crippen molar-refractivity contribution in [2.24, 2.45) is 23.2 Å². The maximum absolute atomic E-state index is 12.6. The monoisotopic (exact) mass is 456 g/mol. The lowest BCUT2D eigenvalue weighted by Gasteiger charge is -2.60. The Morgan fingerprint density at radius 1 is 0.970 bits per heavy atom. The van der Waals surface area contributed by atoms with Crippen LogP contribution in [0.5, 0.6) is 5.75 Å². The second-order valence-electron chi connectivity index (χ2n) is 11.0. The quantitative estimate of drug-likeness (QED) is 0.372. The van der Waals surface area contributed by atoms with Gasteiger partial charge in [0, 0.05) is 31.6 Å². The molecule has 1 aliphatic heterocycles. The van der Waals surface area contributed by atoms with Crippen LogP contribution in [0.15, 0.2) is 24.3 Å². The summed E-state index contributed by atoms with van der Waals surface area (Å²) in [6.07, 6.45) is 7.97. The standard InChI is InChI=1S/C26H32O7/c1-16(27)30-22-5-3-18(4-6-22)19-7-9-25(10-8-19)31-26(33-32-25)20-11-17-12-21(26)15-24(13-17,14-20)23(28)29-2/h3-6,17,19-21H,7-15H2,1-2H3/t17?,19?,20?,21?,24?,25-,26-. The molecule has 7 heteroatoms. The molecule has 1 saturated heterocycles. The maximum atomic E-state index is 12.6. The van der Waals surface area contributed by atoms with E-state index >= 15 is 0 Å². The van der Waals surface area contributed by atoms with Crippen molar-refractivity contribution >= 4 is 11.9 Å². The maximum Gasteiger partial charge on any atom is 0.311 e. The summed E-state index contributed by atoms with van der Waals surface area (Å²) in [5, 5.41) is 0. The Morgan fingerprint density at radius 2 is 1.64 bits per heavy atom. The summed E-state index contributed by atoms with van der Waals surface area (Å²) in [6.45, 7) is 1.41. The molecule has 1 heterocycles. The zero-order valence-corrected chi connectivity index (χ0v) is 19.3. The van der Waals surface area contributed by atoms with Gasteiger partial charge in [-0.3, -0.25) is 9.59 Å². The molecule has 6 aliphatic rings. The summed E-state index contributed by atoms with van der Waals surface area (Å²) in [5.74, 6) is 0.0910. The predicted octanol–water partition coefficient (Wildman–Crippen LogP) is 4.64. The summed E-state index contributed by atoms with van der Waals surface area (Å²) in [4.78, 5) is 36.0. The normalized spacial score (nSPS) is 43.2. The molecular formula is C26H32O7. The highest BCUT2D eigenvalue weighted by molar-refractivity contribution is 5.77. The van der Waals surface area contributed by atoms with Crippen LogP contribution >= 0.6 is 0 Å². The van der Waals surface area contributed by atoms with Gasteiger partial charge in [-0.1, -0.05) is 12.1 Å². The van der Waals surface area contributed by atoms with Crippen LogP contribution in [0.4, 0.5) is 0 Å². The zero-order valence-electron chi connectivity index (χ0n) is 19.3. The van der Waals surface area contributed by atoms with E-state index in [4.69, 9.17) is 24.0 Å². The lowest BCUT2D eigenvalue weighted by Crippen LogP contribution is -2.64. The summed E-state index contributed by atoms with van der Waals surface area (Å²) in [7, 11) is 1.50. The molecular weight excluding hydrogens is 424 g/mol. The third-order valence-corrected chi connectivity index (χ3v) is 8.98. The zero-order chi connectivity index (χ0) is 22.8. The molecule has 0 radical (unpaired) electrons. The lowest BCUT2D eigenvalue weighted by molar-refractivity contribution is -0.393. The second-order valence-corrected chi connectivity index (χ2v) is 11.0. The molecule has 5 saturated carbocycles. The fourth-order valence-corrected chi connectivity index (χ4v) is 7.71. The first-order valence-corrected chi connectivity index (χ1v) is 12.3. The van der Waals surface area contributed by atoms with Gasteiger partial charge in [0.25, 0.3) is 0 Å². The van der Waals surface area contributed by atoms with E-state index in [0.29, 0.717) is 17.6 Å². The highest BCUT2D eigenvalue weighted by atomic mass is 17.3. The minimum Gasteiger partial charge on any atom is -0.469 e. The van der Waals surface area contributed by atoms with Crippen molar-refractivity contribution in [1.29, 1.82) is 0 Å².